The van der Waals surface area contributed by atoms with Gasteiger partial charge in [-0.25, -0.2) is 4.79 Å². The Kier molecular flexibility index (Phi) is 5.95. The Morgan fingerprint density at radius 2 is 1.67 bits per heavy atom. The number of hydrogen-bond donors (Lipinski definition) is 2. The van der Waals surface area contributed by atoms with Gasteiger partial charge >= 0.3 is 6.03 Å². The third kappa shape index (κ3) is 4.84. The van der Waals surface area contributed by atoms with Crippen LogP contribution in [0.3, 0.4) is 0 Å². The molecule has 0 spiro atoms. The summed E-state index contributed by atoms with van der Waals surface area (Å²) in [6, 6.07) is 14.8. The van der Waals surface area contributed by atoms with E-state index in [-0.39, 0.29) is 18.5 Å². The quantitative estimate of drug-likeness (QED) is 0.881. The van der Waals surface area contributed by atoms with Gasteiger partial charge in [0.2, 0.25) is 5.91 Å². The number of rotatable bonds is 5. The normalized spacial score (nSPS) is 10.1. The summed E-state index contributed by atoms with van der Waals surface area (Å²) in [7, 11) is 1.59. The van der Waals surface area contributed by atoms with Crippen molar-refractivity contribution in [2.45, 2.75) is 20.3 Å². The highest BCUT2D eigenvalue weighted by atomic mass is 16.2. The second kappa shape index (κ2) is 8.15. The zero-order valence-corrected chi connectivity index (χ0v) is 14.3. The SMILES string of the molecule is CCc1ccccc1NC(=O)CN(C)C(=O)Nc1ccc(C)cc1. The highest BCUT2D eigenvalue weighted by molar-refractivity contribution is 5.97. The molecule has 126 valence electrons. The van der Waals surface area contributed by atoms with Gasteiger partial charge in [-0.05, 0) is 37.1 Å². The summed E-state index contributed by atoms with van der Waals surface area (Å²) in [6.45, 7) is 4.00. The molecule has 0 aliphatic rings. The Morgan fingerprint density at radius 1 is 1.00 bits per heavy atom. The number of nitrogens with zero attached hydrogens (tertiary/aromatic N) is 1. The fraction of sp³-hybridized carbons (Fsp3) is 0.263. The van der Waals surface area contributed by atoms with Crippen molar-refractivity contribution in [3.05, 3.63) is 59.7 Å². The zero-order chi connectivity index (χ0) is 17.5. The third-order valence-electron chi connectivity index (χ3n) is 3.70. The molecule has 5 heteroatoms. The Bertz CT molecular complexity index is 711. The number of likely N-dealkylation sites (N-methyl/N-ethyl adjacent to an activating group) is 1. The molecule has 2 aromatic carbocycles. The molecule has 5 nitrogen and oxygen atoms in total. The summed E-state index contributed by atoms with van der Waals surface area (Å²) in [5.41, 5.74) is 3.68. The minimum Gasteiger partial charge on any atom is -0.324 e. The lowest BCUT2D eigenvalue weighted by atomic mass is 10.1. The van der Waals surface area contributed by atoms with Gasteiger partial charge < -0.3 is 15.5 Å². The number of amides is 3. The van der Waals surface area contributed by atoms with Crippen LogP contribution >= 0.6 is 0 Å². The van der Waals surface area contributed by atoms with Gasteiger partial charge in [0.05, 0.1) is 0 Å². The smallest absolute Gasteiger partial charge is 0.322 e. The van der Waals surface area contributed by atoms with E-state index in [1.807, 2.05) is 62.4 Å². The number of nitrogens with one attached hydrogen (secondary N) is 2. The molecule has 2 rings (SSSR count). The van der Waals surface area contributed by atoms with Crippen LogP contribution in [0.1, 0.15) is 18.1 Å². The van der Waals surface area contributed by atoms with Gasteiger partial charge in [0.1, 0.15) is 6.54 Å². The summed E-state index contributed by atoms with van der Waals surface area (Å²) < 4.78 is 0. The molecule has 0 aliphatic carbocycles. The lowest BCUT2D eigenvalue weighted by molar-refractivity contribution is -0.116. The van der Waals surface area contributed by atoms with Crippen LogP contribution in [0.25, 0.3) is 0 Å². The van der Waals surface area contributed by atoms with Crippen molar-refractivity contribution in [1.29, 1.82) is 0 Å². The van der Waals surface area contributed by atoms with Crippen LogP contribution in [0.15, 0.2) is 48.5 Å². The summed E-state index contributed by atoms with van der Waals surface area (Å²) >= 11 is 0. The maximum atomic E-state index is 12.2. The van der Waals surface area contributed by atoms with Crippen molar-refractivity contribution in [3.63, 3.8) is 0 Å². The molecule has 0 aromatic heterocycles. The lowest BCUT2D eigenvalue weighted by Gasteiger charge is -2.18. The second-order valence-corrected chi connectivity index (χ2v) is 5.71. The third-order valence-corrected chi connectivity index (χ3v) is 3.70. The van der Waals surface area contributed by atoms with Crippen LogP contribution in [0.5, 0.6) is 0 Å². The molecule has 0 bridgehead atoms. The molecule has 0 aliphatic heterocycles. The van der Waals surface area contributed by atoms with Gasteiger partial charge in [-0.3, -0.25) is 4.79 Å². The second-order valence-electron chi connectivity index (χ2n) is 5.71. The first-order chi connectivity index (χ1) is 11.5. The van der Waals surface area contributed by atoms with E-state index in [4.69, 9.17) is 0 Å². The molecule has 3 amide bonds. The number of para-hydroxylation sites is 1. The van der Waals surface area contributed by atoms with Crippen molar-refractivity contribution >= 4 is 23.3 Å². The predicted octanol–water partition coefficient (Wildman–Crippen LogP) is 3.66. The van der Waals surface area contributed by atoms with E-state index in [0.29, 0.717) is 5.69 Å². The molecule has 0 heterocycles. The lowest BCUT2D eigenvalue weighted by Crippen LogP contribution is -2.37. The highest BCUT2D eigenvalue weighted by Crippen LogP contribution is 2.15. The van der Waals surface area contributed by atoms with Gasteiger partial charge in [0.15, 0.2) is 0 Å². The van der Waals surface area contributed by atoms with Gasteiger partial charge in [-0.1, -0.05) is 42.8 Å². The summed E-state index contributed by atoms with van der Waals surface area (Å²) in [4.78, 5) is 25.7. The predicted molar refractivity (Wildman–Crippen MR) is 97.3 cm³/mol. The van der Waals surface area contributed by atoms with Crippen LogP contribution in [-0.2, 0) is 11.2 Å². The number of hydrogen-bond acceptors (Lipinski definition) is 2. The Morgan fingerprint density at radius 3 is 2.33 bits per heavy atom. The number of anilines is 2. The number of carbonyl (C=O) groups excluding carboxylic acids is 2. The molecule has 2 aromatic rings. The van der Waals surface area contributed by atoms with Crippen LogP contribution in [0, 0.1) is 6.92 Å². The molecular weight excluding hydrogens is 302 g/mol. The van der Waals surface area contributed by atoms with Gasteiger partial charge in [0.25, 0.3) is 0 Å². The van der Waals surface area contributed by atoms with Gasteiger partial charge in [0, 0.05) is 18.4 Å². The van der Waals surface area contributed by atoms with E-state index in [1.54, 1.807) is 7.05 Å². The fourth-order valence-electron chi connectivity index (χ4n) is 2.28. The minimum atomic E-state index is -0.322. The summed E-state index contributed by atoms with van der Waals surface area (Å²) in [5, 5.41) is 5.63. The molecule has 24 heavy (non-hydrogen) atoms. The number of benzene rings is 2. The van der Waals surface area contributed by atoms with Crippen molar-refractivity contribution in [3.8, 4) is 0 Å². The first-order valence-electron chi connectivity index (χ1n) is 7.96. The molecule has 2 N–H and O–H groups in total. The standard InChI is InChI=1S/C19H23N3O2/c1-4-15-7-5-6-8-17(15)21-18(23)13-22(3)19(24)20-16-11-9-14(2)10-12-16/h5-12H,4,13H2,1-3H3,(H,20,24)(H,21,23). The van der Waals surface area contributed by atoms with E-state index in [2.05, 4.69) is 10.6 Å². The molecule has 0 atom stereocenters. The van der Waals surface area contributed by atoms with E-state index in [0.717, 1.165) is 23.2 Å². The van der Waals surface area contributed by atoms with E-state index < -0.39 is 0 Å². The van der Waals surface area contributed by atoms with Crippen molar-refractivity contribution < 1.29 is 9.59 Å². The molecule has 0 saturated carbocycles. The maximum absolute atomic E-state index is 12.2. The van der Waals surface area contributed by atoms with Gasteiger partial charge in [-0.2, -0.15) is 0 Å². The van der Waals surface area contributed by atoms with Crippen molar-refractivity contribution in [1.82, 2.24) is 4.90 Å². The molecular formula is C19H23N3O2. The number of urea groups is 1. The molecule has 0 fully saturated rings. The first kappa shape index (κ1) is 17.5. The monoisotopic (exact) mass is 325 g/mol. The summed E-state index contributed by atoms with van der Waals surface area (Å²) in [6.07, 6.45) is 0.834. The average Bonchev–Trinajstić information content (AvgIpc) is 2.57. The van der Waals surface area contributed by atoms with Gasteiger partial charge in [-0.15, -0.1) is 0 Å². The minimum absolute atomic E-state index is 0.0181. The summed E-state index contributed by atoms with van der Waals surface area (Å²) in [5.74, 6) is -0.225. The van der Waals surface area contributed by atoms with Crippen LogP contribution in [-0.4, -0.2) is 30.4 Å². The molecule has 0 saturated heterocycles. The first-order valence-corrected chi connectivity index (χ1v) is 7.96. The van der Waals surface area contributed by atoms with E-state index in [9.17, 15) is 9.59 Å². The number of carbonyl (C=O) groups is 2. The average molecular weight is 325 g/mol. The Balaban J connectivity index is 1.90. The van der Waals surface area contributed by atoms with Crippen LogP contribution in [0.2, 0.25) is 0 Å². The van der Waals surface area contributed by atoms with Crippen molar-refractivity contribution in [2.24, 2.45) is 0 Å². The Labute approximate surface area is 142 Å². The Hall–Kier alpha value is -2.82. The largest absolute Gasteiger partial charge is 0.324 e. The molecule has 0 radical (unpaired) electrons. The topological polar surface area (TPSA) is 61.4 Å². The van der Waals surface area contributed by atoms with Crippen molar-refractivity contribution in [2.75, 3.05) is 24.2 Å². The number of aryl methyl sites for hydroxylation is 2. The van der Waals surface area contributed by atoms with E-state index >= 15 is 0 Å². The van der Waals surface area contributed by atoms with E-state index in [1.165, 1.54) is 4.90 Å². The fourth-order valence-corrected chi connectivity index (χ4v) is 2.28. The zero-order valence-electron chi connectivity index (χ0n) is 14.3. The van der Waals surface area contributed by atoms with Crippen LogP contribution in [0.4, 0.5) is 16.2 Å². The maximum Gasteiger partial charge on any atom is 0.322 e. The highest BCUT2D eigenvalue weighted by Gasteiger charge is 2.14. The molecule has 0 unspecified atom stereocenters. The van der Waals surface area contributed by atoms with Crippen LogP contribution < -0.4 is 10.6 Å².